The Labute approximate surface area is 77.8 Å². The molecule has 1 aromatic rings. The van der Waals surface area contributed by atoms with Gasteiger partial charge in [-0.2, -0.15) is 0 Å². The maximum atomic E-state index is 13.3. The predicted molar refractivity (Wildman–Crippen MR) is 51.3 cm³/mol. The second-order valence-corrected chi connectivity index (χ2v) is 3.78. The Bertz CT molecular complexity index is 322. The molecule has 0 spiro atoms. The zero-order valence-corrected chi connectivity index (χ0v) is 7.76. The highest BCUT2D eigenvalue weighted by atomic mass is 19.1. The van der Waals surface area contributed by atoms with E-state index in [1.165, 1.54) is 5.56 Å². The summed E-state index contributed by atoms with van der Waals surface area (Å²) in [4.78, 5) is 0. The van der Waals surface area contributed by atoms with Crippen molar-refractivity contribution in [3.63, 3.8) is 0 Å². The molecule has 0 heterocycles. The standard InChI is InChI=1S/C11H14FN/c1-7-2-3-8-4-5-10(12)11(13)9(8)6-7/h2-3,6,10-11H,4-5,13H2,1H3/t10-,11-/m1/s1. The summed E-state index contributed by atoms with van der Waals surface area (Å²) in [5.41, 5.74) is 9.15. The normalized spacial score (nSPS) is 27.0. The Morgan fingerprint density at radius 2 is 2.23 bits per heavy atom. The second-order valence-electron chi connectivity index (χ2n) is 3.78. The van der Waals surface area contributed by atoms with Crippen LogP contribution in [-0.2, 0) is 6.42 Å². The molecule has 70 valence electrons. The van der Waals surface area contributed by atoms with E-state index < -0.39 is 12.2 Å². The smallest absolute Gasteiger partial charge is 0.120 e. The fourth-order valence-corrected chi connectivity index (χ4v) is 1.92. The molecule has 2 N–H and O–H groups in total. The third-order valence-corrected chi connectivity index (χ3v) is 2.74. The van der Waals surface area contributed by atoms with E-state index in [4.69, 9.17) is 5.73 Å². The monoisotopic (exact) mass is 179 g/mol. The van der Waals surface area contributed by atoms with E-state index in [9.17, 15) is 4.39 Å². The van der Waals surface area contributed by atoms with Crippen LogP contribution in [0.5, 0.6) is 0 Å². The first kappa shape index (κ1) is 8.70. The van der Waals surface area contributed by atoms with E-state index in [0.29, 0.717) is 6.42 Å². The SMILES string of the molecule is Cc1ccc2c(c1)[C@@H](N)[C@H](F)CC2. The molecule has 1 nitrogen and oxygen atoms in total. The van der Waals surface area contributed by atoms with Crippen molar-refractivity contribution in [2.24, 2.45) is 5.73 Å². The van der Waals surface area contributed by atoms with Crippen molar-refractivity contribution in [3.8, 4) is 0 Å². The number of hydrogen-bond acceptors (Lipinski definition) is 1. The minimum Gasteiger partial charge on any atom is -0.322 e. The Balaban J connectivity index is 2.45. The molecule has 0 amide bonds. The molecule has 0 saturated heterocycles. The Hall–Kier alpha value is -0.890. The number of nitrogens with two attached hydrogens (primary N) is 1. The number of benzene rings is 1. The van der Waals surface area contributed by atoms with E-state index >= 15 is 0 Å². The van der Waals surface area contributed by atoms with Gasteiger partial charge in [0.05, 0.1) is 6.04 Å². The van der Waals surface area contributed by atoms with Gasteiger partial charge in [-0.05, 0) is 30.9 Å². The first-order chi connectivity index (χ1) is 6.18. The summed E-state index contributed by atoms with van der Waals surface area (Å²) in [6.07, 6.45) is 0.524. The highest BCUT2D eigenvalue weighted by molar-refractivity contribution is 5.36. The van der Waals surface area contributed by atoms with Gasteiger partial charge in [-0.25, -0.2) is 4.39 Å². The van der Waals surface area contributed by atoms with E-state index in [0.717, 1.165) is 17.5 Å². The predicted octanol–water partition coefficient (Wildman–Crippen LogP) is 2.28. The molecule has 1 aromatic carbocycles. The van der Waals surface area contributed by atoms with Gasteiger partial charge >= 0.3 is 0 Å². The lowest BCUT2D eigenvalue weighted by molar-refractivity contribution is 0.255. The van der Waals surface area contributed by atoms with E-state index in [-0.39, 0.29) is 0 Å². The average molecular weight is 179 g/mol. The highest BCUT2D eigenvalue weighted by Crippen LogP contribution is 2.30. The van der Waals surface area contributed by atoms with Crippen LogP contribution >= 0.6 is 0 Å². The van der Waals surface area contributed by atoms with Gasteiger partial charge in [0.1, 0.15) is 6.17 Å². The summed E-state index contributed by atoms with van der Waals surface area (Å²) in [5.74, 6) is 0. The van der Waals surface area contributed by atoms with E-state index in [1.807, 2.05) is 13.0 Å². The molecule has 2 heteroatoms. The van der Waals surface area contributed by atoms with Crippen molar-refractivity contribution in [2.45, 2.75) is 32.0 Å². The Kier molecular flexibility index (Phi) is 2.08. The zero-order chi connectivity index (χ0) is 9.42. The van der Waals surface area contributed by atoms with Gasteiger partial charge in [0.15, 0.2) is 0 Å². The number of aryl methyl sites for hydroxylation is 2. The molecule has 0 fully saturated rings. The lowest BCUT2D eigenvalue weighted by Crippen LogP contribution is -2.28. The lowest BCUT2D eigenvalue weighted by atomic mass is 9.86. The molecular formula is C11H14FN. The lowest BCUT2D eigenvalue weighted by Gasteiger charge is -2.25. The molecule has 2 atom stereocenters. The fourth-order valence-electron chi connectivity index (χ4n) is 1.92. The third-order valence-electron chi connectivity index (χ3n) is 2.74. The van der Waals surface area contributed by atoms with Gasteiger partial charge in [0, 0.05) is 0 Å². The highest BCUT2D eigenvalue weighted by Gasteiger charge is 2.25. The summed E-state index contributed by atoms with van der Waals surface area (Å²) in [7, 11) is 0. The minimum atomic E-state index is -0.866. The van der Waals surface area contributed by atoms with Crippen LogP contribution in [0.3, 0.4) is 0 Å². The molecule has 0 aromatic heterocycles. The summed E-state index contributed by atoms with van der Waals surface area (Å²) in [5, 5.41) is 0. The van der Waals surface area contributed by atoms with E-state index in [2.05, 4.69) is 12.1 Å². The van der Waals surface area contributed by atoms with Crippen molar-refractivity contribution < 1.29 is 4.39 Å². The van der Waals surface area contributed by atoms with Crippen molar-refractivity contribution in [1.29, 1.82) is 0 Å². The molecular weight excluding hydrogens is 165 g/mol. The molecule has 1 aliphatic rings. The zero-order valence-electron chi connectivity index (χ0n) is 7.76. The Morgan fingerprint density at radius 1 is 1.46 bits per heavy atom. The van der Waals surface area contributed by atoms with Gasteiger partial charge in [0.2, 0.25) is 0 Å². The topological polar surface area (TPSA) is 26.0 Å². The number of rotatable bonds is 0. The molecule has 0 unspecified atom stereocenters. The summed E-state index contributed by atoms with van der Waals surface area (Å²) in [6, 6.07) is 5.72. The maximum Gasteiger partial charge on any atom is 0.120 e. The van der Waals surface area contributed by atoms with Gasteiger partial charge < -0.3 is 5.73 Å². The molecule has 0 saturated carbocycles. The first-order valence-electron chi connectivity index (χ1n) is 4.67. The fraction of sp³-hybridized carbons (Fsp3) is 0.455. The van der Waals surface area contributed by atoms with Crippen LogP contribution in [0.1, 0.15) is 29.2 Å². The van der Waals surface area contributed by atoms with Gasteiger partial charge in [-0.15, -0.1) is 0 Å². The molecule has 13 heavy (non-hydrogen) atoms. The van der Waals surface area contributed by atoms with Gasteiger partial charge in [-0.1, -0.05) is 23.8 Å². The molecule has 0 radical (unpaired) electrons. The van der Waals surface area contributed by atoms with E-state index in [1.54, 1.807) is 0 Å². The molecule has 2 rings (SSSR count). The maximum absolute atomic E-state index is 13.3. The molecule has 0 aliphatic heterocycles. The number of alkyl halides is 1. The molecule has 1 aliphatic carbocycles. The van der Waals surface area contributed by atoms with Crippen LogP contribution in [0.25, 0.3) is 0 Å². The number of fused-ring (bicyclic) bond motifs is 1. The van der Waals surface area contributed by atoms with Crippen molar-refractivity contribution in [3.05, 3.63) is 34.9 Å². The number of hydrogen-bond donors (Lipinski definition) is 1. The minimum absolute atomic E-state index is 0.413. The van der Waals surface area contributed by atoms with Crippen LogP contribution in [0.2, 0.25) is 0 Å². The van der Waals surface area contributed by atoms with Gasteiger partial charge in [-0.3, -0.25) is 0 Å². The average Bonchev–Trinajstić information content (AvgIpc) is 2.12. The van der Waals surface area contributed by atoms with Crippen LogP contribution in [0, 0.1) is 6.92 Å². The second kappa shape index (κ2) is 3.11. The van der Waals surface area contributed by atoms with Crippen molar-refractivity contribution >= 4 is 0 Å². The molecule has 0 bridgehead atoms. The summed E-state index contributed by atoms with van der Waals surface area (Å²) < 4.78 is 13.3. The summed E-state index contributed by atoms with van der Waals surface area (Å²) >= 11 is 0. The van der Waals surface area contributed by atoms with Crippen LogP contribution in [0.15, 0.2) is 18.2 Å². The largest absolute Gasteiger partial charge is 0.322 e. The van der Waals surface area contributed by atoms with Crippen molar-refractivity contribution in [1.82, 2.24) is 0 Å². The van der Waals surface area contributed by atoms with Gasteiger partial charge in [0.25, 0.3) is 0 Å². The van der Waals surface area contributed by atoms with Crippen LogP contribution in [-0.4, -0.2) is 6.17 Å². The summed E-state index contributed by atoms with van der Waals surface area (Å²) in [6.45, 7) is 2.01. The van der Waals surface area contributed by atoms with Crippen molar-refractivity contribution in [2.75, 3.05) is 0 Å². The third kappa shape index (κ3) is 1.46. The Morgan fingerprint density at radius 3 is 3.00 bits per heavy atom. The number of halogens is 1. The van der Waals surface area contributed by atoms with Crippen LogP contribution < -0.4 is 5.73 Å². The van der Waals surface area contributed by atoms with Crippen LogP contribution in [0.4, 0.5) is 4.39 Å². The first-order valence-corrected chi connectivity index (χ1v) is 4.67. The quantitative estimate of drug-likeness (QED) is 0.649.